The lowest BCUT2D eigenvalue weighted by Crippen LogP contribution is -2.24. The molecule has 0 aliphatic heterocycles. The van der Waals surface area contributed by atoms with Gasteiger partial charge in [-0.15, -0.1) is 0 Å². The van der Waals surface area contributed by atoms with Crippen LogP contribution in [0, 0.1) is 3.77 Å². The number of hydrogen-bond donors (Lipinski definition) is 1. The molecule has 1 heterocycles. The topological polar surface area (TPSA) is 63.8 Å². The molecule has 122 valence electrons. The van der Waals surface area contributed by atoms with Crippen molar-refractivity contribution in [3.63, 3.8) is 0 Å². The van der Waals surface area contributed by atoms with E-state index < -0.39 is 0 Å². The fourth-order valence-electron chi connectivity index (χ4n) is 1.87. The van der Waals surface area contributed by atoms with Gasteiger partial charge in [0, 0.05) is 0 Å². The van der Waals surface area contributed by atoms with E-state index in [1.54, 1.807) is 6.07 Å². The summed E-state index contributed by atoms with van der Waals surface area (Å²) in [6.07, 6.45) is 2.54. The number of nitrogens with zero attached hydrogens (tertiary/aromatic N) is 1. The second kappa shape index (κ2) is 8.71. The average molecular weight is 426 g/mol. The Morgan fingerprint density at radius 1 is 1.35 bits per heavy atom. The predicted molar refractivity (Wildman–Crippen MR) is 97.8 cm³/mol. The van der Waals surface area contributed by atoms with Gasteiger partial charge in [0.05, 0.1) is 6.21 Å². The van der Waals surface area contributed by atoms with Crippen LogP contribution < -0.4 is 10.2 Å². The maximum absolute atomic E-state index is 11.7. The molecule has 6 heteroatoms. The number of carbonyl (C=O) groups is 1. The molecule has 0 aliphatic rings. The van der Waals surface area contributed by atoms with Gasteiger partial charge in [0.15, 0.2) is 10.4 Å². The molecule has 1 atom stereocenters. The van der Waals surface area contributed by atoms with Crippen LogP contribution in [-0.4, -0.2) is 18.7 Å². The van der Waals surface area contributed by atoms with Crippen molar-refractivity contribution in [1.82, 2.24) is 5.43 Å². The first kappa shape index (κ1) is 17.5. The number of ether oxygens (including phenoxy) is 1. The molecule has 1 N–H and O–H groups in total. The Morgan fingerprint density at radius 2 is 2.09 bits per heavy atom. The molecule has 0 saturated carbocycles. The summed E-state index contributed by atoms with van der Waals surface area (Å²) in [6.45, 7) is 4.25. The van der Waals surface area contributed by atoms with Crippen LogP contribution in [0.2, 0.25) is 0 Å². The molecule has 0 fully saturated rings. The lowest BCUT2D eigenvalue weighted by atomic mass is 9.99. The van der Waals surface area contributed by atoms with E-state index in [1.165, 1.54) is 11.8 Å². The minimum atomic E-state index is -0.325. The third kappa shape index (κ3) is 5.70. The first-order valence-corrected chi connectivity index (χ1v) is 8.46. The van der Waals surface area contributed by atoms with Gasteiger partial charge in [-0.05, 0) is 64.8 Å². The van der Waals surface area contributed by atoms with Crippen LogP contribution >= 0.6 is 22.6 Å². The zero-order chi connectivity index (χ0) is 16.7. The van der Waals surface area contributed by atoms with Crippen molar-refractivity contribution in [2.75, 3.05) is 6.61 Å². The molecule has 2 rings (SSSR count). The van der Waals surface area contributed by atoms with Crippen LogP contribution in [0.4, 0.5) is 0 Å². The van der Waals surface area contributed by atoms with Gasteiger partial charge in [-0.3, -0.25) is 4.79 Å². The number of carbonyl (C=O) groups excluding carboxylic acids is 1. The predicted octanol–water partition coefficient (Wildman–Crippen LogP) is 3.93. The fourth-order valence-corrected chi connectivity index (χ4v) is 2.31. The molecule has 23 heavy (non-hydrogen) atoms. The van der Waals surface area contributed by atoms with Crippen LogP contribution in [0.25, 0.3) is 0 Å². The minimum absolute atomic E-state index is 0.0876. The maximum atomic E-state index is 11.7. The molecule has 1 aromatic carbocycles. The average Bonchev–Trinajstić information content (AvgIpc) is 2.98. The zero-order valence-electron chi connectivity index (χ0n) is 13.1. The summed E-state index contributed by atoms with van der Waals surface area (Å²) in [4.78, 5) is 11.7. The number of halogens is 1. The van der Waals surface area contributed by atoms with Crippen molar-refractivity contribution in [2.45, 2.75) is 26.2 Å². The molecule has 0 radical (unpaired) electrons. The van der Waals surface area contributed by atoms with Gasteiger partial charge >= 0.3 is 0 Å². The number of furan rings is 1. The molecular formula is C17H19IN2O3. The number of amides is 1. The van der Waals surface area contributed by atoms with Crippen molar-refractivity contribution in [3.05, 3.63) is 51.5 Å². The van der Waals surface area contributed by atoms with Crippen molar-refractivity contribution in [1.29, 1.82) is 0 Å². The Bertz CT molecular complexity index is 665. The standard InChI is InChI=1S/C17H19IN2O3/c1-3-12(2)13-4-6-14(7-5-13)22-11-17(21)20-19-10-15-8-9-16(18)23-15/h4-10,12H,3,11H2,1-2H3,(H,20,21)/b19-10+/t12-/m1/s1. The SMILES string of the molecule is CC[C@@H](C)c1ccc(OCC(=O)N/N=C/c2ccc(I)o2)cc1. The summed E-state index contributed by atoms with van der Waals surface area (Å²) in [5, 5.41) is 3.81. The molecule has 0 spiro atoms. The van der Waals surface area contributed by atoms with Crippen LogP contribution in [0.3, 0.4) is 0 Å². The summed E-state index contributed by atoms with van der Waals surface area (Å²) in [6, 6.07) is 11.4. The largest absolute Gasteiger partial charge is 0.484 e. The van der Waals surface area contributed by atoms with E-state index in [0.29, 0.717) is 17.4 Å². The summed E-state index contributed by atoms with van der Waals surface area (Å²) in [5.74, 6) is 1.44. The Hall–Kier alpha value is -1.83. The highest BCUT2D eigenvalue weighted by molar-refractivity contribution is 14.1. The lowest BCUT2D eigenvalue weighted by molar-refractivity contribution is -0.123. The third-order valence-electron chi connectivity index (χ3n) is 3.41. The Kier molecular flexibility index (Phi) is 6.64. The first-order valence-electron chi connectivity index (χ1n) is 7.38. The van der Waals surface area contributed by atoms with Crippen LogP contribution in [0.15, 0.2) is 45.9 Å². The van der Waals surface area contributed by atoms with E-state index in [0.717, 1.165) is 10.2 Å². The summed E-state index contributed by atoms with van der Waals surface area (Å²) in [5.41, 5.74) is 3.66. The van der Waals surface area contributed by atoms with Crippen molar-refractivity contribution in [2.24, 2.45) is 5.10 Å². The van der Waals surface area contributed by atoms with E-state index in [4.69, 9.17) is 9.15 Å². The lowest BCUT2D eigenvalue weighted by Gasteiger charge is -2.10. The van der Waals surface area contributed by atoms with E-state index in [1.807, 2.05) is 30.3 Å². The first-order chi connectivity index (χ1) is 11.1. The van der Waals surface area contributed by atoms with Gasteiger partial charge in [0.2, 0.25) is 0 Å². The number of benzene rings is 1. The molecule has 1 aromatic heterocycles. The van der Waals surface area contributed by atoms with Crippen molar-refractivity contribution >= 4 is 34.7 Å². The highest BCUT2D eigenvalue weighted by atomic mass is 127. The summed E-state index contributed by atoms with van der Waals surface area (Å²) in [7, 11) is 0. The Morgan fingerprint density at radius 3 is 2.70 bits per heavy atom. The van der Waals surface area contributed by atoms with Crippen LogP contribution in [-0.2, 0) is 4.79 Å². The quantitative estimate of drug-likeness (QED) is 0.415. The van der Waals surface area contributed by atoms with E-state index in [9.17, 15) is 4.79 Å². The fraction of sp³-hybridized carbons (Fsp3) is 0.294. The van der Waals surface area contributed by atoms with Gasteiger partial charge in [-0.25, -0.2) is 5.43 Å². The molecule has 0 aliphatic carbocycles. The zero-order valence-corrected chi connectivity index (χ0v) is 15.2. The smallest absolute Gasteiger partial charge is 0.277 e. The third-order valence-corrected chi connectivity index (χ3v) is 3.99. The maximum Gasteiger partial charge on any atom is 0.277 e. The van der Waals surface area contributed by atoms with Crippen LogP contribution in [0.5, 0.6) is 5.75 Å². The molecule has 0 bridgehead atoms. The van der Waals surface area contributed by atoms with Gasteiger partial charge in [0.1, 0.15) is 11.5 Å². The Balaban J connectivity index is 1.76. The molecule has 0 unspecified atom stereocenters. The number of nitrogens with one attached hydrogen (secondary N) is 1. The Labute approximate surface area is 149 Å². The second-order valence-electron chi connectivity index (χ2n) is 5.10. The molecular weight excluding hydrogens is 407 g/mol. The van der Waals surface area contributed by atoms with Gasteiger partial charge < -0.3 is 9.15 Å². The minimum Gasteiger partial charge on any atom is -0.484 e. The molecule has 2 aromatic rings. The van der Waals surface area contributed by atoms with E-state index in [2.05, 4.69) is 47.0 Å². The monoisotopic (exact) mass is 426 g/mol. The van der Waals surface area contributed by atoms with E-state index >= 15 is 0 Å². The highest BCUT2D eigenvalue weighted by Gasteiger charge is 2.05. The van der Waals surface area contributed by atoms with E-state index in [-0.39, 0.29) is 12.5 Å². The number of hydrazone groups is 1. The second-order valence-corrected chi connectivity index (χ2v) is 6.17. The number of hydrogen-bond acceptors (Lipinski definition) is 4. The van der Waals surface area contributed by atoms with Gasteiger partial charge in [0.25, 0.3) is 5.91 Å². The molecule has 0 saturated heterocycles. The highest BCUT2D eigenvalue weighted by Crippen LogP contribution is 2.21. The van der Waals surface area contributed by atoms with Gasteiger partial charge in [-0.1, -0.05) is 26.0 Å². The van der Waals surface area contributed by atoms with Crippen molar-refractivity contribution in [3.8, 4) is 5.75 Å². The number of rotatable bonds is 7. The van der Waals surface area contributed by atoms with Gasteiger partial charge in [-0.2, -0.15) is 5.10 Å². The van der Waals surface area contributed by atoms with Crippen LogP contribution in [0.1, 0.15) is 37.5 Å². The van der Waals surface area contributed by atoms with Crippen molar-refractivity contribution < 1.29 is 13.9 Å². The summed E-state index contributed by atoms with van der Waals surface area (Å²) >= 11 is 2.06. The molecule has 5 nitrogen and oxygen atoms in total. The molecule has 1 amide bonds. The normalized spacial score (nSPS) is 12.3. The summed E-state index contributed by atoms with van der Waals surface area (Å²) < 4.78 is 11.5.